The summed E-state index contributed by atoms with van der Waals surface area (Å²) in [6, 6.07) is 14.5. The number of rotatable bonds is 3. The van der Waals surface area contributed by atoms with Crippen molar-refractivity contribution in [1.29, 1.82) is 0 Å². The van der Waals surface area contributed by atoms with E-state index in [1.165, 1.54) is 6.07 Å². The second kappa shape index (κ2) is 5.49. The van der Waals surface area contributed by atoms with Crippen LogP contribution in [0.4, 0.5) is 5.69 Å². The van der Waals surface area contributed by atoms with Crippen LogP contribution in [0.5, 0.6) is 0 Å². The van der Waals surface area contributed by atoms with Gasteiger partial charge in [-0.15, -0.1) is 0 Å². The van der Waals surface area contributed by atoms with E-state index in [9.17, 15) is 13.2 Å². The Morgan fingerprint density at radius 3 is 2.60 bits per heavy atom. The quantitative estimate of drug-likeness (QED) is 0.573. The van der Waals surface area contributed by atoms with Crippen molar-refractivity contribution >= 4 is 37.6 Å². The van der Waals surface area contributed by atoms with Crippen LogP contribution in [0, 0.1) is 0 Å². The van der Waals surface area contributed by atoms with Crippen molar-refractivity contribution in [2.45, 2.75) is 4.90 Å². The molecule has 126 valence electrons. The number of benzene rings is 2. The van der Waals surface area contributed by atoms with Crippen LogP contribution in [0.3, 0.4) is 0 Å². The summed E-state index contributed by atoms with van der Waals surface area (Å²) in [5.41, 5.74) is 1.19. The van der Waals surface area contributed by atoms with Crippen LogP contribution >= 0.6 is 0 Å². The Morgan fingerprint density at radius 1 is 0.960 bits per heavy atom. The third-order valence-electron chi connectivity index (χ3n) is 4.04. The summed E-state index contributed by atoms with van der Waals surface area (Å²) < 4.78 is 34.8. The van der Waals surface area contributed by atoms with Crippen LogP contribution in [0.25, 0.3) is 21.9 Å². The van der Waals surface area contributed by atoms with E-state index in [0.717, 1.165) is 10.9 Å². The first-order chi connectivity index (χ1) is 11.9. The number of aryl methyl sites for hydroxylation is 1. The van der Waals surface area contributed by atoms with Gasteiger partial charge in [-0.2, -0.15) is 0 Å². The van der Waals surface area contributed by atoms with Gasteiger partial charge in [0.1, 0.15) is 5.58 Å². The minimum atomic E-state index is -3.73. The number of fused-ring (bicyclic) bond motifs is 2. The summed E-state index contributed by atoms with van der Waals surface area (Å²) in [5, 5.41) is 1.61. The summed E-state index contributed by atoms with van der Waals surface area (Å²) in [7, 11) is -1.87. The molecule has 7 heteroatoms. The van der Waals surface area contributed by atoms with Crippen LogP contribution in [-0.4, -0.2) is 13.0 Å². The minimum absolute atomic E-state index is 0.182. The smallest absolute Gasteiger partial charge is 0.336 e. The maximum absolute atomic E-state index is 12.7. The number of aromatic nitrogens is 1. The molecule has 0 aliphatic carbocycles. The average molecular weight is 354 g/mol. The van der Waals surface area contributed by atoms with E-state index in [4.69, 9.17) is 4.42 Å². The number of nitrogens with one attached hydrogen (secondary N) is 1. The normalized spacial score (nSPS) is 11.9. The molecule has 0 aliphatic rings. The van der Waals surface area contributed by atoms with E-state index in [0.29, 0.717) is 16.7 Å². The second-order valence-corrected chi connectivity index (χ2v) is 7.44. The largest absolute Gasteiger partial charge is 0.423 e. The first-order valence-electron chi connectivity index (χ1n) is 7.54. The fraction of sp³-hybridized carbons (Fsp3) is 0.0556. The van der Waals surface area contributed by atoms with Crippen molar-refractivity contribution in [2.24, 2.45) is 7.05 Å². The Bertz CT molecular complexity index is 1270. The van der Waals surface area contributed by atoms with Gasteiger partial charge in [0.2, 0.25) is 0 Å². The lowest BCUT2D eigenvalue weighted by atomic mass is 10.2. The Labute approximate surface area is 143 Å². The first kappa shape index (κ1) is 15.5. The van der Waals surface area contributed by atoms with Crippen molar-refractivity contribution in [3.63, 3.8) is 0 Å². The van der Waals surface area contributed by atoms with Gasteiger partial charge in [0.25, 0.3) is 10.0 Å². The third-order valence-corrected chi connectivity index (χ3v) is 5.42. The van der Waals surface area contributed by atoms with Crippen LogP contribution in [0.1, 0.15) is 0 Å². The minimum Gasteiger partial charge on any atom is -0.423 e. The molecule has 0 saturated carbocycles. The number of anilines is 1. The molecule has 0 saturated heterocycles. The van der Waals surface area contributed by atoms with E-state index in [1.807, 2.05) is 23.9 Å². The SMILES string of the molecule is Cn1ccc2ccc(S(=O)(=O)Nc3ccc4oc(=O)ccc4c3)cc21. The number of hydrogen-bond acceptors (Lipinski definition) is 4. The standard InChI is InChI=1S/C18H14N2O4S/c1-20-9-8-12-2-5-15(11-16(12)20)25(22,23)19-14-4-6-17-13(10-14)3-7-18(21)24-17/h2-11,19H,1H3. The molecule has 2 aromatic carbocycles. The molecule has 4 aromatic rings. The van der Waals surface area contributed by atoms with Gasteiger partial charge >= 0.3 is 5.63 Å². The van der Waals surface area contributed by atoms with Crippen molar-refractivity contribution in [3.8, 4) is 0 Å². The molecule has 0 radical (unpaired) electrons. The zero-order valence-corrected chi connectivity index (χ0v) is 14.1. The van der Waals surface area contributed by atoms with Crippen molar-refractivity contribution in [1.82, 2.24) is 4.57 Å². The topological polar surface area (TPSA) is 81.3 Å². The molecule has 0 bridgehead atoms. The van der Waals surface area contributed by atoms with Crippen molar-refractivity contribution in [2.75, 3.05) is 4.72 Å². The van der Waals surface area contributed by atoms with Gasteiger partial charge in [0, 0.05) is 35.9 Å². The monoisotopic (exact) mass is 354 g/mol. The number of nitrogens with zero attached hydrogens (tertiary/aromatic N) is 1. The maximum Gasteiger partial charge on any atom is 0.336 e. The Morgan fingerprint density at radius 2 is 1.76 bits per heavy atom. The highest BCUT2D eigenvalue weighted by Crippen LogP contribution is 2.23. The molecule has 0 unspecified atom stereocenters. The highest BCUT2D eigenvalue weighted by atomic mass is 32.2. The second-order valence-electron chi connectivity index (χ2n) is 5.76. The highest BCUT2D eigenvalue weighted by molar-refractivity contribution is 7.92. The van der Waals surface area contributed by atoms with Gasteiger partial charge in [-0.1, -0.05) is 6.07 Å². The van der Waals surface area contributed by atoms with Crippen LogP contribution in [0.2, 0.25) is 0 Å². The maximum atomic E-state index is 12.7. The van der Waals surface area contributed by atoms with Gasteiger partial charge in [-0.05, 0) is 47.9 Å². The van der Waals surface area contributed by atoms with E-state index in [2.05, 4.69) is 4.72 Å². The Hall–Kier alpha value is -3.06. The molecule has 0 spiro atoms. The zero-order valence-electron chi connectivity index (χ0n) is 13.3. The molecule has 0 amide bonds. The van der Waals surface area contributed by atoms with Crippen LogP contribution < -0.4 is 10.3 Å². The molecule has 0 fully saturated rings. The van der Waals surface area contributed by atoms with Gasteiger partial charge in [0.05, 0.1) is 4.90 Å². The molecule has 1 N–H and O–H groups in total. The van der Waals surface area contributed by atoms with Crippen molar-refractivity contribution in [3.05, 3.63) is 71.2 Å². The van der Waals surface area contributed by atoms with Gasteiger partial charge in [-0.25, -0.2) is 13.2 Å². The molecular weight excluding hydrogens is 340 g/mol. The molecular formula is C18H14N2O4S. The fourth-order valence-corrected chi connectivity index (χ4v) is 3.83. The summed E-state index contributed by atoms with van der Waals surface area (Å²) in [6.07, 6.45) is 1.88. The zero-order chi connectivity index (χ0) is 17.6. The Balaban J connectivity index is 1.73. The molecule has 6 nitrogen and oxygen atoms in total. The summed E-state index contributed by atoms with van der Waals surface area (Å²) in [5.74, 6) is 0. The van der Waals surface area contributed by atoms with E-state index >= 15 is 0 Å². The number of hydrogen-bond donors (Lipinski definition) is 1. The van der Waals surface area contributed by atoms with E-state index < -0.39 is 15.6 Å². The molecule has 2 aromatic heterocycles. The summed E-state index contributed by atoms with van der Waals surface area (Å²) in [6.45, 7) is 0. The highest BCUT2D eigenvalue weighted by Gasteiger charge is 2.16. The average Bonchev–Trinajstić information content (AvgIpc) is 2.95. The van der Waals surface area contributed by atoms with Gasteiger partial charge in [-0.3, -0.25) is 4.72 Å². The molecule has 2 heterocycles. The number of sulfonamides is 1. The van der Waals surface area contributed by atoms with Crippen molar-refractivity contribution < 1.29 is 12.8 Å². The van der Waals surface area contributed by atoms with E-state index in [1.54, 1.807) is 42.5 Å². The first-order valence-corrected chi connectivity index (χ1v) is 9.02. The van der Waals surface area contributed by atoms with E-state index in [-0.39, 0.29) is 4.90 Å². The third kappa shape index (κ3) is 2.78. The molecule has 0 aliphatic heterocycles. The summed E-state index contributed by atoms with van der Waals surface area (Å²) in [4.78, 5) is 11.4. The predicted octanol–water partition coefficient (Wildman–Crippen LogP) is 3.09. The van der Waals surface area contributed by atoms with Crippen LogP contribution in [-0.2, 0) is 17.1 Å². The van der Waals surface area contributed by atoms with Gasteiger partial charge in [0.15, 0.2) is 0 Å². The summed E-state index contributed by atoms with van der Waals surface area (Å²) >= 11 is 0. The predicted molar refractivity (Wildman–Crippen MR) is 96.2 cm³/mol. The molecule has 0 atom stereocenters. The van der Waals surface area contributed by atoms with Crippen LogP contribution in [0.15, 0.2) is 74.9 Å². The lowest BCUT2D eigenvalue weighted by Crippen LogP contribution is -2.13. The lowest BCUT2D eigenvalue weighted by molar-refractivity contribution is 0.561. The van der Waals surface area contributed by atoms with Gasteiger partial charge < -0.3 is 8.98 Å². The lowest BCUT2D eigenvalue weighted by Gasteiger charge is -2.09. The fourth-order valence-electron chi connectivity index (χ4n) is 2.76. The molecule has 25 heavy (non-hydrogen) atoms. The Kier molecular flexibility index (Phi) is 3.40. The molecule has 4 rings (SSSR count).